The third kappa shape index (κ3) is 3.01. The van der Waals surface area contributed by atoms with Crippen LogP contribution in [0.25, 0.3) is 0 Å². The van der Waals surface area contributed by atoms with Gasteiger partial charge in [0.1, 0.15) is 5.69 Å². The van der Waals surface area contributed by atoms with Gasteiger partial charge in [0.15, 0.2) is 0 Å². The first kappa shape index (κ1) is 14.2. The van der Waals surface area contributed by atoms with E-state index in [1.165, 1.54) is 0 Å². The molecule has 1 aromatic carbocycles. The SMILES string of the molecule is CCc1ccccc1Nc1cc(C(F)(F)F)ncc1N. The number of anilines is 3. The van der Waals surface area contributed by atoms with Crippen LogP contribution in [0.15, 0.2) is 36.5 Å². The summed E-state index contributed by atoms with van der Waals surface area (Å²) in [5, 5.41) is 2.94. The molecule has 0 fully saturated rings. The van der Waals surface area contributed by atoms with E-state index in [1.54, 1.807) is 6.07 Å². The van der Waals surface area contributed by atoms with Gasteiger partial charge in [0, 0.05) is 5.69 Å². The second-order valence-electron chi connectivity index (χ2n) is 4.29. The Morgan fingerprint density at radius 2 is 1.90 bits per heavy atom. The highest BCUT2D eigenvalue weighted by Crippen LogP contribution is 2.32. The highest BCUT2D eigenvalue weighted by Gasteiger charge is 2.33. The first-order valence-corrected chi connectivity index (χ1v) is 6.09. The predicted molar refractivity (Wildman–Crippen MR) is 72.8 cm³/mol. The van der Waals surface area contributed by atoms with Crippen molar-refractivity contribution in [2.45, 2.75) is 19.5 Å². The number of para-hydroxylation sites is 1. The predicted octanol–water partition coefficient (Wildman–Crippen LogP) is 3.99. The number of hydrogen-bond donors (Lipinski definition) is 2. The number of alkyl halides is 3. The van der Waals surface area contributed by atoms with Gasteiger partial charge in [-0.05, 0) is 24.1 Å². The summed E-state index contributed by atoms with van der Waals surface area (Å²) in [5.74, 6) is 0. The molecule has 106 valence electrons. The Morgan fingerprint density at radius 3 is 2.55 bits per heavy atom. The Morgan fingerprint density at radius 1 is 1.20 bits per heavy atom. The molecule has 2 rings (SSSR count). The van der Waals surface area contributed by atoms with Gasteiger partial charge in [0.05, 0.1) is 17.6 Å². The van der Waals surface area contributed by atoms with Gasteiger partial charge >= 0.3 is 6.18 Å². The van der Waals surface area contributed by atoms with Crippen LogP contribution in [0.5, 0.6) is 0 Å². The number of nitrogens with one attached hydrogen (secondary N) is 1. The van der Waals surface area contributed by atoms with Crippen molar-refractivity contribution >= 4 is 17.1 Å². The first-order chi connectivity index (χ1) is 9.41. The Bertz CT molecular complexity index is 609. The van der Waals surface area contributed by atoms with Crippen LogP contribution < -0.4 is 11.1 Å². The standard InChI is InChI=1S/C14H14F3N3/c1-2-9-5-3-4-6-11(9)20-12-7-13(14(15,16)17)19-8-10(12)18/h3-8H,2,18H2,1H3,(H,19,20). The molecule has 20 heavy (non-hydrogen) atoms. The van der Waals surface area contributed by atoms with Crippen LogP contribution in [-0.2, 0) is 12.6 Å². The van der Waals surface area contributed by atoms with Gasteiger partial charge in [0.2, 0.25) is 0 Å². The molecule has 0 aliphatic carbocycles. The lowest BCUT2D eigenvalue weighted by Crippen LogP contribution is -2.10. The zero-order chi connectivity index (χ0) is 14.8. The zero-order valence-electron chi connectivity index (χ0n) is 10.8. The molecule has 0 unspecified atom stereocenters. The minimum absolute atomic E-state index is 0.170. The second kappa shape index (κ2) is 5.40. The number of hydrogen-bond acceptors (Lipinski definition) is 3. The van der Waals surface area contributed by atoms with E-state index in [1.807, 2.05) is 25.1 Å². The van der Waals surface area contributed by atoms with Crippen LogP contribution in [-0.4, -0.2) is 4.98 Å². The Balaban J connectivity index is 2.38. The van der Waals surface area contributed by atoms with Gasteiger partial charge < -0.3 is 11.1 Å². The lowest BCUT2D eigenvalue weighted by molar-refractivity contribution is -0.141. The summed E-state index contributed by atoms with van der Waals surface area (Å²) >= 11 is 0. The number of halogens is 3. The van der Waals surface area contributed by atoms with Crippen LogP contribution >= 0.6 is 0 Å². The smallest absolute Gasteiger partial charge is 0.396 e. The molecule has 0 aliphatic heterocycles. The molecule has 3 N–H and O–H groups in total. The minimum atomic E-state index is -4.49. The molecule has 0 aliphatic rings. The molecule has 2 aromatic rings. The summed E-state index contributed by atoms with van der Waals surface area (Å²) in [6, 6.07) is 8.31. The number of aromatic nitrogens is 1. The maximum atomic E-state index is 12.7. The average molecular weight is 281 g/mol. The molecular formula is C14H14F3N3. The monoisotopic (exact) mass is 281 g/mol. The van der Waals surface area contributed by atoms with Crippen LogP contribution in [0.1, 0.15) is 18.2 Å². The maximum absolute atomic E-state index is 12.7. The molecule has 1 aromatic heterocycles. The van der Waals surface area contributed by atoms with Crippen molar-refractivity contribution in [1.29, 1.82) is 0 Å². The number of aryl methyl sites for hydroxylation is 1. The number of benzene rings is 1. The van der Waals surface area contributed by atoms with Crippen LogP contribution in [0, 0.1) is 0 Å². The van der Waals surface area contributed by atoms with E-state index < -0.39 is 11.9 Å². The summed E-state index contributed by atoms with van der Waals surface area (Å²) in [7, 11) is 0. The van der Waals surface area contributed by atoms with E-state index in [4.69, 9.17) is 5.73 Å². The van der Waals surface area contributed by atoms with Gasteiger partial charge in [0.25, 0.3) is 0 Å². The normalized spacial score (nSPS) is 11.4. The molecule has 0 saturated carbocycles. The van der Waals surface area contributed by atoms with Gasteiger partial charge in [-0.25, -0.2) is 4.98 Å². The average Bonchev–Trinajstić information content (AvgIpc) is 2.40. The Hall–Kier alpha value is -2.24. The van der Waals surface area contributed by atoms with E-state index in [0.29, 0.717) is 0 Å². The molecule has 3 nitrogen and oxygen atoms in total. The summed E-state index contributed by atoms with van der Waals surface area (Å²) in [5.41, 5.74) is 6.82. The van der Waals surface area contributed by atoms with Crippen molar-refractivity contribution in [3.05, 3.63) is 47.8 Å². The van der Waals surface area contributed by atoms with E-state index in [9.17, 15) is 13.2 Å². The van der Waals surface area contributed by atoms with Crippen molar-refractivity contribution in [2.75, 3.05) is 11.1 Å². The fraction of sp³-hybridized carbons (Fsp3) is 0.214. The molecule has 0 saturated heterocycles. The molecule has 0 amide bonds. The van der Waals surface area contributed by atoms with E-state index in [2.05, 4.69) is 10.3 Å². The number of pyridine rings is 1. The van der Waals surface area contributed by atoms with Crippen molar-refractivity contribution in [2.24, 2.45) is 0 Å². The summed E-state index contributed by atoms with van der Waals surface area (Å²) in [6.07, 6.45) is -2.71. The fourth-order valence-corrected chi connectivity index (χ4v) is 1.82. The highest BCUT2D eigenvalue weighted by molar-refractivity contribution is 5.73. The van der Waals surface area contributed by atoms with Gasteiger partial charge in [-0.15, -0.1) is 0 Å². The van der Waals surface area contributed by atoms with Crippen molar-refractivity contribution in [3.8, 4) is 0 Å². The number of nitrogens with two attached hydrogens (primary N) is 1. The zero-order valence-corrected chi connectivity index (χ0v) is 10.8. The molecule has 0 atom stereocenters. The minimum Gasteiger partial charge on any atom is -0.396 e. The van der Waals surface area contributed by atoms with E-state index >= 15 is 0 Å². The third-order valence-corrected chi connectivity index (χ3v) is 2.89. The number of nitrogens with zero attached hydrogens (tertiary/aromatic N) is 1. The van der Waals surface area contributed by atoms with Crippen LogP contribution in [0.2, 0.25) is 0 Å². The van der Waals surface area contributed by atoms with Gasteiger partial charge in [-0.2, -0.15) is 13.2 Å². The van der Waals surface area contributed by atoms with Crippen molar-refractivity contribution < 1.29 is 13.2 Å². The number of nitrogen functional groups attached to an aromatic ring is 1. The Labute approximate surface area is 114 Å². The second-order valence-corrected chi connectivity index (χ2v) is 4.29. The molecule has 6 heteroatoms. The highest BCUT2D eigenvalue weighted by atomic mass is 19.4. The lowest BCUT2D eigenvalue weighted by atomic mass is 10.1. The van der Waals surface area contributed by atoms with Crippen LogP contribution in [0.4, 0.5) is 30.2 Å². The summed E-state index contributed by atoms with van der Waals surface area (Å²) in [6.45, 7) is 1.97. The van der Waals surface area contributed by atoms with E-state index in [0.717, 1.165) is 29.9 Å². The van der Waals surface area contributed by atoms with Crippen LogP contribution in [0.3, 0.4) is 0 Å². The Kier molecular flexibility index (Phi) is 3.83. The van der Waals surface area contributed by atoms with Gasteiger partial charge in [-0.3, -0.25) is 0 Å². The molecule has 1 heterocycles. The van der Waals surface area contributed by atoms with Gasteiger partial charge in [-0.1, -0.05) is 25.1 Å². The third-order valence-electron chi connectivity index (χ3n) is 2.89. The first-order valence-electron chi connectivity index (χ1n) is 6.09. The fourth-order valence-electron chi connectivity index (χ4n) is 1.82. The summed E-state index contributed by atoms with van der Waals surface area (Å²) < 4.78 is 38.0. The quantitative estimate of drug-likeness (QED) is 0.894. The molecule has 0 bridgehead atoms. The lowest BCUT2D eigenvalue weighted by Gasteiger charge is -2.14. The summed E-state index contributed by atoms with van der Waals surface area (Å²) in [4.78, 5) is 3.30. The largest absolute Gasteiger partial charge is 0.433 e. The molecular weight excluding hydrogens is 267 g/mol. The van der Waals surface area contributed by atoms with Crippen molar-refractivity contribution in [1.82, 2.24) is 4.98 Å². The number of rotatable bonds is 3. The van der Waals surface area contributed by atoms with E-state index in [-0.39, 0.29) is 11.4 Å². The van der Waals surface area contributed by atoms with Crippen molar-refractivity contribution in [3.63, 3.8) is 0 Å². The topological polar surface area (TPSA) is 50.9 Å². The molecule has 0 spiro atoms. The maximum Gasteiger partial charge on any atom is 0.433 e. The molecule has 0 radical (unpaired) electrons.